The summed E-state index contributed by atoms with van der Waals surface area (Å²) in [7, 11) is 0. The molecule has 1 aromatic rings. The lowest BCUT2D eigenvalue weighted by Crippen LogP contribution is -2.53. The predicted octanol–water partition coefficient (Wildman–Crippen LogP) is 0.996. The lowest BCUT2D eigenvalue weighted by atomic mass is 10.2. The zero-order valence-electron chi connectivity index (χ0n) is 14.6. The number of piperazine rings is 1. The van der Waals surface area contributed by atoms with E-state index in [0.717, 1.165) is 13.1 Å². The molecule has 2 atom stereocenters. The van der Waals surface area contributed by atoms with Crippen LogP contribution in [0.2, 0.25) is 0 Å². The van der Waals surface area contributed by atoms with E-state index in [4.69, 9.17) is 9.47 Å². The lowest BCUT2D eigenvalue weighted by Gasteiger charge is -2.36. The first-order chi connectivity index (χ1) is 11.6. The highest BCUT2D eigenvalue weighted by molar-refractivity contribution is 5.81. The first kappa shape index (κ1) is 18.7. The lowest BCUT2D eigenvalue weighted by molar-refractivity contribution is -0.140. The van der Waals surface area contributed by atoms with E-state index in [2.05, 4.69) is 4.90 Å². The Hall–Kier alpha value is -1.63. The molecule has 6 nitrogen and oxygen atoms in total. The molecule has 1 amide bonds. The molecule has 0 unspecified atom stereocenters. The number of hydrogen-bond donors (Lipinski definition) is 1. The molecule has 1 aromatic carbocycles. The number of aliphatic hydroxyl groups excluding tert-OH is 1. The minimum atomic E-state index is -0.498. The van der Waals surface area contributed by atoms with Gasteiger partial charge in [-0.2, -0.15) is 0 Å². The predicted molar refractivity (Wildman–Crippen MR) is 92.1 cm³/mol. The Labute approximate surface area is 144 Å². The number of benzene rings is 1. The topological polar surface area (TPSA) is 62.2 Å². The normalized spacial score (nSPS) is 18.2. The highest BCUT2D eigenvalue weighted by Gasteiger charge is 2.26. The number of amides is 1. The van der Waals surface area contributed by atoms with Gasteiger partial charge in [-0.1, -0.05) is 18.2 Å². The maximum absolute atomic E-state index is 12.5. The van der Waals surface area contributed by atoms with Gasteiger partial charge in [0.25, 0.3) is 5.91 Å². The number of carbonyl (C=O) groups excluding carboxylic acids is 1. The highest BCUT2D eigenvalue weighted by Crippen LogP contribution is 2.13. The van der Waals surface area contributed by atoms with Gasteiger partial charge in [-0.05, 0) is 26.0 Å². The zero-order chi connectivity index (χ0) is 17.4. The molecule has 24 heavy (non-hydrogen) atoms. The summed E-state index contributed by atoms with van der Waals surface area (Å²) >= 11 is 0. The van der Waals surface area contributed by atoms with Crippen molar-refractivity contribution >= 4 is 5.91 Å². The summed E-state index contributed by atoms with van der Waals surface area (Å²) in [6.45, 7) is 8.07. The number of aliphatic hydroxyl groups is 1. The summed E-state index contributed by atoms with van der Waals surface area (Å²) in [6.07, 6.45) is -0.977. The summed E-state index contributed by atoms with van der Waals surface area (Å²) in [4.78, 5) is 16.5. The van der Waals surface area contributed by atoms with Crippen molar-refractivity contribution in [2.45, 2.75) is 26.1 Å². The Balaban J connectivity index is 1.74. The second-order valence-electron chi connectivity index (χ2n) is 6.01. The molecule has 1 saturated heterocycles. The van der Waals surface area contributed by atoms with Gasteiger partial charge < -0.3 is 19.5 Å². The number of ether oxygens (including phenoxy) is 2. The Kier molecular flexibility index (Phi) is 7.49. The van der Waals surface area contributed by atoms with Crippen molar-refractivity contribution in [1.82, 2.24) is 9.80 Å². The van der Waals surface area contributed by atoms with Crippen LogP contribution in [0.5, 0.6) is 5.75 Å². The van der Waals surface area contributed by atoms with Gasteiger partial charge in [0.15, 0.2) is 6.10 Å². The number of carbonyl (C=O) groups is 1. The molecule has 0 bridgehead atoms. The first-order valence-corrected chi connectivity index (χ1v) is 8.58. The average Bonchev–Trinajstić information content (AvgIpc) is 2.61. The second-order valence-corrected chi connectivity index (χ2v) is 6.01. The summed E-state index contributed by atoms with van der Waals surface area (Å²) in [5.41, 5.74) is 0. The molecule has 6 heteroatoms. The fourth-order valence-electron chi connectivity index (χ4n) is 2.77. The standard InChI is InChI=1S/C18H28N2O4/c1-3-23-14-16(21)13-19-9-11-20(12-10-19)18(22)15(2)24-17-7-5-4-6-8-17/h4-8,15-16,21H,3,9-14H2,1-2H3/t15-,16+/m1/s1. The third-order valence-electron chi connectivity index (χ3n) is 4.07. The molecular weight excluding hydrogens is 308 g/mol. The number of para-hydroxylation sites is 1. The fraction of sp³-hybridized carbons (Fsp3) is 0.611. The van der Waals surface area contributed by atoms with Gasteiger partial charge in [0, 0.05) is 39.3 Å². The Morgan fingerprint density at radius 2 is 1.88 bits per heavy atom. The van der Waals surface area contributed by atoms with Crippen LogP contribution in [0.25, 0.3) is 0 Å². The third kappa shape index (κ3) is 5.78. The van der Waals surface area contributed by atoms with E-state index < -0.39 is 12.2 Å². The van der Waals surface area contributed by atoms with Crippen LogP contribution in [0.3, 0.4) is 0 Å². The van der Waals surface area contributed by atoms with Crippen molar-refractivity contribution in [3.63, 3.8) is 0 Å². The van der Waals surface area contributed by atoms with E-state index in [1.54, 1.807) is 6.92 Å². The molecule has 2 rings (SSSR count). The Bertz CT molecular complexity index is 489. The molecule has 0 aromatic heterocycles. The van der Waals surface area contributed by atoms with Crippen LogP contribution in [0.15, 0.2) is 30.3 Å². The SMILES string of the molecule is CCOC[C@@H](O)CN1CCN(C(=O)[C@@H](C)Oc2ccccc2)CC1. The summed E-state index contributed by atoms with van der Waals surface area (Å²) < 4.78 is 10.9. The van der Waals surface area contributed by atoms with Crippen LogP contribution in [0.1, 0.15) is 13.8 Å². The molecule has 0 radical (unpaired) electrons. The molecule has 0 saturated carbocycles. The van der Waals surface area contributed by atoms with Crippen LogP contribution in [-0.4, -0.2) is 79.0 Å². The van der Waals surface area contributed by atoms with Crippen molar-refractivity contribution < 1.29 is 19.4 Å². The van der Waals surface area contributed by atoms with Crippen molar-refractivity contribution in [1.29, 1.82) is 0 Å². The molecule has 0 spiro atoms. The van der Waals surface area contributed by atoms with E-state index >= 15 is 0 Å². The van der Waals surface area contributed by atoms with Gasteiger partial charge in [0.2, 0.25) is 0 Å². The van der Waals surface area contributed by atoms with Gasteiger partial charge in [-0.25, -0.2) is 0 Å². The number of hydrogen-bond acceptors (Lipinski definition) is 5. The van der Waals surface area contributed by atoms with Gasteiger partial charge in [-0.3, -0.25) is 9.69 Å². The molecule has 0 aliphatic carbocycles. The smallest absolute Gasteiger partial charge is 0.263 e. The van der Waals surface area contributed by atoms with Crippen molar-refractivity contribution in [2.24, 2.45) is 0 Å². The first-order valence-electron chi connectivity index (χ1n) is 8.58. The fourth-order valence-corrected chi connectivity index (χ4v) is 2.77. The monoisotopic (exact) mass is 336 g/mol. The van der Waals surface area contributed by atoms with E-state index in [9.17, 15) is 9.90 Å². The van der Waals surface area contributed by atoms with Gasteiger partial charge >= 0.3 is 0 Å². The maximum atomic E-state index is 12.5. The quantitative estimate of drug-likeness (QED) is 0.767. The summed E-state index contributed by atoms with van der Waals surface area (Å²) in [6, 6.07) is 9.39. The summed E-state index contributed by atoms with van der Waals surface area (Å²) in [5, 5.41) is 9.89. The molecule has 1 aliphatic heterocycles. The van der Waals surface area contributed by atoms with Crippen LogP contribution >= 0.6 is 0 Å². The van der Waals surface area contributed by atoms with E-state index in [1.807, 2.05) is 42.2 Å². The molecular formula is C18H28N2O4. The largest absolute Gasteiger partial charge is 0.481 e. The van der Waals surface area contributed by atoms with Gasteiger partial charge in [0.05, 0.1) is 12.7 Å². The molecule has 134 valence electrons. The minimum Gasteiger partial charge on any atom is -0.481 e. The number of β-amino-alcohol motifs (C(OH)–C–C–N with tert-alkyl or cyclic N) is 1. The van der Waals surface area contributed by atoms with Crippen LogP contribution in [0.4, 0.5) is 0 Å². The third-order valence-corrected chi connectivity index (χ3v) is 4.07. The highest BCUT2D eigenvalue weighted by atomic mass is 16.5. The zero-order valence-corrected chi connectivity index (χ0v) is 14.6. The molecule has 1 fully saturated rings. The van der Waals surface area contributed by atoms with Gasteiger partial charge in [0.1, 0.15) is 5.75 Å². The molecule has 1 N–H and O–H groups in total. The number of nitrogens with zero attached hydrogens (tertiary/aromatic N) is 2. The van der Waals surface area contributed by atoms with Crippen LogP contribution in [0, 0.1) is 0 Å². The number of rotatable bonds is 8. The minimum absolute atomic E-state index is 0.00775. The van der Waals surface area contributed by atoms with Crippen molar-refractivity contribution in [2.75, 3.05) is 45.9 Å². The van der Waals surface area contributed by atoms with Gasteiger partial charge in [-0.15, -0.1) is 0 Å². The van der Waals surface area contributed by atoms with Crippen molar-refractivity contribution in [3.8, 4) is 5.75 Å². The molecule has 1 aliphatic rings. The van der Waals surface area contributed by atoms with E-state index in [-0.39, 0.29) is 5.91 Å². The molecule has 1 heterocycles. The van der Waals surface area contributed by atoms with E-state index in [1.165, 1.54) is 0 Å². The Morgan fingerprint density at radius 1 is 1.21 bits per heavy atom. The van der Waals surface area contributed by atoms with Crippen molar-refractivity contribution in [3.05, 3.63) is 30.3 Å². The van der Waals surface area contributed by atoms with Crippen LogP contribution in [-0.2, 0) is 9.53 Å². The average molecular weight is 336 g/mol. The Morgan fingerprint density at radius 3 is 2.50 bits per heavy atom. The van der Waals surface area contributed by atoms with Crippen LogP contribution < -0.4 is 4.74 Å². The second kappa shape index (κ2) is 9.61. The maximum Gasteiger partial charge on any atom is 0.263 e. The summed E-state index contributed by atoms with van der Waals surface area (Å²) in [5.74, 6) is 0.712. The van der Waals surface area contributed by atoms with E-state index in [0.29, 0.717) is 38.6 Å².